The van der Waals surface area contributed by atoms with E-state index in [2.05, 4.69) is 10.1 Å². The molecular formula is C10H12N2O2S. The van der Waals surface area contributed by atoms with Gasteiger partial charge >= 0.3 is 5.97 Å². The molecule has 0 spiro atoms. The number of carbonyl (C=O) groups excluding carboxylic acids is 1. The third-order valence-electron chi connectivity index (χ3n) is 1.84. The highest BCUT2D eigenvalue weighted by molar-refractivity contribution is 7.80. The van der Waals surface area contributed by atoms with E-state index in [9.17, 15) is 4.79 Å². The summed E-state index contributed by atoms with van der Waals surface area (Å²) in [5.74, 6) is -0.419. The summed E-state index contributed by atoms with van der Waals surface area (Å²) in [5, 5.41) is 2.84. The molecule has 0 aliphatic heterocycles. The number of nitrogens with one attached hydrogen (secondary N) is 1. The van der Waals surface area contributed by atoms with Gasteiger partial charge in [-0.25, -0.2) is 4.79 Å². The largest absolute Gasteiger partial charge is 0.465 e. The van der Waals surface area contributed by atoms with Crippen LogP contribution in [0.1, 0.15) is 15.9 Å². The van der Waals surface area contributed by atoms with E-state index < -0.39 is 5.97 Å². The standard InChI is InChI=1S/C10H12N2O2S/c1-6-3-4-8(12-10(11)15)7(5-6)9(13)14-2/h3-5H,1-2H3,(H3,11,12,15). The van der Waals surface area contributed by atoms with Crippen molar-refractivity contribution in [2.45, 2.75) is 6.92 Å². The highest BCUT2D eigenvalue weighted by Crippen LogP contribution is 2.18. The minimum atomic E-state index is -0.419. The fourth-order valence-electron chi connectivity index (χ4n) is 1.18. The van der Waals surface area contributed by atoms with Gasteiger partial charge in [0.1, 0.15) is 0 Å². The van der Waals surface area contributed by atoms with E-state index in [1.54, 1.807) is 12.1 Å². The minimum Gasteiger partial charge on any atom is -0.465 e. The van der Waals surface area contributed by atoms with Gasteiger partial charge in [0.25, 0.3) is 0 Å². The van der Waals surface area contributed by atoms with Crippen molar-refractivity contribution in [1.29, 1.82) is 0 Å². The summed E-state index contributed by atoms with van der Waals surface area (Å²) < 4.78 is 4.65. The van der Waals surface area contributed by atoms with Gasteiger partial charge in [-0.2, -0.15) is 0 Å². The Balaban J connectivity index is 3.14. The lowest BCUT2D eigenvalue weighted by atomic mass is 10.1. The van der Waals surface area contributed by atoms with Crippen LogP contribution >= 0.6 is 12.2 Å². The zero-order chi connectivity index (χ0) is 11.4. The number of hydrogen-bond donors (Lipinski definition) is 2. The summed E-state index contributed by atoms with van der Waals surface area (Å²) >= 11 is 4.71. The molecule has 0 aliphatic carbocycles. The van der Waals surface area contributed by atoms with Crippen molar-refractivity contribution in [3.63, 3.8) is 0 Å². The number of benzene rings is 1. The SMILES string of the molecule is COC(=O)c1cc(C)ccc1NC(N)=S. The Morgan fingerprint density at radius 3 is 2.73 bits per heavy atom. The number of hydrogen-bond acceptors (Lipinski definition) is 3. The molecule has 0 amide bonds. The predicted molar refractivity (Wildman–Crippen MR) is 62.9 cm³/mol. The number of ether oxygens (including phenoxy) is 1. The third-order valence-corrected chi connectivity index (χ3v) is 1.94. The Morgan fingerprint density at radius 2 is 2.20 bits per heavy atom. The fourth-order valence-corrected chi connectivity index (χ4v) is 1.29. The van der Waals surface area contributed by atoms with Crippen LogP contribution in [0.15, 0.2) is 18.2 Å². The summed E-state index contributed by atoms with van der Waals surface area (Å²) in [6, 6.07) is 5.31. The highest BCUT2D eigenvalue weighted by Gasteiger charge is 2.11. The van der Waals surface area contributed by atoms with Gasteiger partial charge in [-0.1, -0.05) is 11.6 Å². The molecule has 0 radical (unpaired) electrons. The van der Waals surface area contributed by atoms with Gasteiger partial charge in [0.05, 0.1) is 18.4 Å². The number of aryl methyl sites for hydroxylation is 1. The van der Waals surface area contributed by atoms with E-state index in [1.807, 2.05) is 13.0 Å². The zero-order valence-corrected chi connectivity index (χ0v) is 9.35. The summed E-state index contributed by atoms with van der Waals surface area (Å²) in [4.78, 5) is 11.4. The van der Waals surface area contributed by atoms with Gasteiger partial charge in [-0.05, 0) is 31.3 Å². The van der Waals surface area contributed by atoms with Crippen LogP contribution in [0.4, 0.5) is 5.69 Å². The minimum absolute atomic E-state index is 0.115. The number of carbonyl (C=O) groups is 1. The Hall–Kier alpha value is -1.62. The Morgan fingerprint density at radius 1 is 1.53 bits per heavy atom. The van der Waals surface area contributed by atoms with Crippen molar-refractivity contribution in [3.8, 4) is 0 Å². The second-order valence-corrected chi connectivity index (χ2v) is 3.47. The molecule has 0 saturated carbocycles. The van der Waals surface area contributed by atoms with E-state index in [-0.39, 0.29) is 5.11 Å². The lowest BCUT2D eigenvalue weighted by molar-refractivity contribution is 0.0602. The molecule has 1 rings (SSSR count). The molecule has 4 nitrogen and oxygen atoms in total. The quantitative estimate of drug-likeness (QED) is 0.588. The zero-order valence-electron chi connectivity index (χ0n) is 8.53. The van der Waals surface area contributed by atoms with Crippen LogP contribution in [0.25, 0.3) is 0 Å². The van der Waals surface area contributed by atoms with E-state index in [0.29, 0.717) is 11.3 Å². The van der Waals surface area contributed by atoms with E-state index in [0.717, 1.165) is 5.56 Å². The maximum Gasteiger partial charge on any atom is 0.339 e. The molecule has 0 fully saturated rings. The number of nitrogens with two attached hydrogens (primary N) is 1. The average Bonchev–Trinajstić information content (AvgIpc) is 2.19. The first-order valence-corrected chi connectivity index (χ1v) is 4.71. The highest BCUT2D eigenvalue weighted by atomic mass is 32.1. The normalized spacial score (nSPS) is 9.47. The number of esters is 1. The summed E-state index contributed by atoms with van der Waals surface area (Å²) in [6.07, 6.45) is 0. The van der Waals surface area contributed by atoms with Crippen molar-refractivity contribution in [1.82, 2.24) is 0 Å². The molecule has 80 valence electrons. The van der Waals surface area contributed by atoms with E-state index >= 15 is 0 Å². The molecule has 0 unspecified atom stereocenters. The first kappa shape index (κ1) is 11.5. The molecule has 0 saturated heterocycles. The second kappa shape index (κ2) is 4.75. The van der Waals surface area contributed by atoms with Crippen molar-refractivity contribution in [2.75, 3.05) is 12.4 Å². The Bertz CT molecular complexity index is 404. The van der Waals surface area contributed by atoms with Gasteiger partial charge in [0.15, 0.2) is 5.11 Å². The number of rotatable bonds is 2. The van der Waals surface area contributed by atoms with Crippen LogP contribution in [0, 0.1) is 6.92 Å². The number of thiocarbonyl (C=S) groups is 1. The molecule has 5 heteroatoms. The molecular weight excluding hydrogens is 212 g/mol. The first-order valence-electron chi connectivity index (χ1n) is 4.30. The summed E-state index contributed by atoms with van der Waals surface area (Å²) in [5.41, 5.74) is 7.28. The first-order chi connectivity index (χ1) is 7.04. The van der Waals surface area contributed by atoms with Crippen LogP contribution in [-0.2, 0) is 4.74 Å². The van der Waals surface area contributed by atoms with Gasteiger partial charge in [0.2, 0.25) is 0 Å². The van der Waals surface area contributed by atoms with Gasteiger partial charge < -0.3 is 15.8 Å². The van der Waals surface area contributed by atoms with Crippen LogP contribution in [0.5, 0.6) is 0 Å². The molecule has 0 heterocycles. The second-order valence-electron chi connectivity index (χ2n) is 3.03. The molecule has 0 aliphatic rings. The molecule has 3 N–H and O–H groups in total. The van der Waals surface area contributed by atoms with Crippen molar-refractivity contribution in [3.05, 3.63) is 29.3 Å². The molecule has 15 heavy (non-hydrogen) atoms. The fraction of sp³-hybridized carbons (Fsp3) is 0.200. The monoisotopic (exact) mass is 224 g/mol. The van der Waals surface area contributed by atoms with Crippen molar-refractivity contribution < 1.29 is 9.53 Å². The number of methoxy groups -OCH3 is 1. The molecule has 0 atom stereocenters. The van der Waals surface area contributed by atoms with Gasteiger partial charge in [-0.15, -0.1) is 0 Å². The Labute approximate surface area is 93.4 Å². The molecule has 1 aromatic carbocycles. The van der Waals surface area contributed by atoms with Crippen LogP contribution in [0.2, 0.25) is 0 Å². The van der Waals surface area contributed by atoms with Crippen molar-refractivity contribution in [2.24, 2.45) is 5.73 Å². The summed E-state index contributed by atoms with van der Waals surface area (Å²) in [7, 11) is 1.33. The topological polar surface area (TPSA) is 64.3 Å². The Kier molecular flexibility index (Phi) is 3.62. The molecule has 0 aromatic heterocycles. The molecule has 1 aromatic rings. The molecule has 0 bridgehead atoms. The average molecular weight is 224 g/mol. The van der Waals surface area contributed by atoms with Crippen LogP contribution in [-0.4, -0.2) is 18.2 Å². The van der Waals surface area contributed by atoms with Gasteiger partial charge in [0, 0.05) is 0 Å². The van der Waals surface area contributed by atoms with Crippen LogP contribution < -0.4 is 11.1 Å². The third kappa shape index (κ3) is 2.92. The lowest BCUT2D eigenvalue weighted by Gasteiger charge is -2.09. The van der Waals surface area contributed by atoms with E-state index in [4.69, 9.17) is 18.0 Å². The maximum atomic E-state index is 11.4. The number of anilines is 1. The predicted octanol–water partition coefficient (Wildman–Crippen LogP) is 1.44. The lowest BCUT2D eigenvalue weighted by Crippen LogP contribution is -2.21. The van der Waals surface area contributed by atoms with Crippen molar-refractivity contribution >= 4 is 29.0 Å². The van der Waals surface area contributed by atoms with Gasteiger partial charge in [-0.3, -0.25) is 0 Å². The smallest absolute Gasteiger partial charge is 0.339 e. The van der Waals surface area contributed by atoms with E-state index in [1.165, 1.54) is 7.11 Å². The maximum absolute atomic E-state index is 11.4. The van der Waals surface area contributed by atoms with Crippen LogP contribution in [0.3, 0.4) is 0 Å². The summed E-state index contributed by atoms with van der Waals surface area (Å²) in [6.45, 7) is 1.89.